The van der Waals surface area contributed by atoms with Gasteiger partial charge in [0.25, 0.3) is 0 Å². The molecule has 23 heavy (non-hydrogen) atoms. The molecule has 6 heteroatoms. The number of carbonyl (C=O) groups excluding carboxylic acids is 1. The van der Waals surface area contributed by atoms with Gasteiger partial charge in [0.05, 0.1) is 18.3 Å². The number of hydrogen-bond acceptors (Lipinski definition) is 2. The summed E-state index contributed by atoms with van der Waals surface area (Å²) in [6.07, 6.45) is 4.00. The lowest BCUT2D eigenvalue weighted by Gasteiger charge is -2.24. The average Bonchev–Trinajstić information content (AvgIpc) is 3.10. The molecule has 1 saturated heterocycles. The van der Waals surface area contributed by atoms with Crippen molar-refractivity contribution in [2.75, 3.05) is 18.4 Å². The molecule has 0 unspecified atom stereocenters. The molecule has 1 aliphatic rings. The number of rotatable bonds is 4. The quantitative estimate of drug-likeness (QED) is 0.940. The number of aromatic nitrogens is 1. The summed E-state index contributed by atoms with van der Waals surface area (Å²) in [5.74, 6) is -1.72. The highest BCUT2D eigenvalue weighted by molar-refractivity contribution is 5.92. The Morgan fingerprint density at radius 1 is 1.35 bits per heavy atom. The monoisotopic (exact) mass is 319 g/mol. The maximum absolute atomic E-state index is 13.6. The van der Waals surface area contributed by atoms with E-state index < -0.39 is 11.6 Å². The van der Waals surface area contributed by atoms with Gasteiger partial charge in [0.2, 0.25) is 5.91 Å². The second kappa shape index (κ2) is 6.50. The molecule has 1 aromatic heterocycles. The van der Waals surface area contributed by atoms with Crippen molar-refractivity contribution in [3.8, 4) is 0 Å². The summed E-state index contributed by atoms with van der Waals surface area (Å²) in [6.45, 7) is 1.02. The van der Waals surface area contributed by atoms with Gasteiger partial charge >= 0.3 is 0 Å². The zero-order valence-electron chi connectivity index (χ0n) is 12.9. The molecular weight excluding hydrogens is 300 g/mol. The van der Waals surface area contributed by atoms with Crippen molar-refractivity contribution in [3.05, 3.63) is 53.9 Å². The highest BCUT2D eigenvalue weighted by Gasteiger charge is 2.29. The van der Waals surface area contributed by atoms with Crippen molar-refractivity contribution in [2.24, 2.45) is 7.05 Å². The fraction of sp³-hybridized carbons (Fsp3) is 0.353. The molecule has 0 aliphatic carbocycles. The second-order valence-electron chi connectivity index (χ2n) is 5.84. The molecule has 1 N–H and O–H groups in total. The second-order valence-corrected chi connectivity index (χ2v) is 5.84. The Balaban J connectivity index is 1.66. The zero-order valence-corrected chi connectivity index (χ0v) is 12.9. The number of nitrogens with zero attached hydrogens (tertiary/aromatic N) is 2. The maximum atomic E-state index is 13.6. The normalized spacial score (nSPS) is 18.3. The smallest absolute Gasteiger partial charge is 0.238 e. The van der Waals surface area contributed by atoms with Crippen LogP contribution < -0.4 is 5.32 Å². The molecule has 0 bridgehead atoms. The molecule has 0 radical (unpaired) electrons. The van der Waals surface area contributed by atoms with Crippen molar-refractivity contribution in [3.63, 3.8) is 0 Å². The maximum Gasteiger partial charge on any atom is 0.238 e. The third-order valence-electron chi connectivity index (χ3n) is 4.24. The van der Waals surface area contributed by atoms with E-state index in [0.717, 1.165) is 31.5 Å². The van der Waals surface area contributed by atoms with E-state index in [9.17, 15) is 13.6 Å². The van der Waals surface area contributed by atoms with Crippen molar-refractivity contribution in [2.45, 2.75) is 18.9 Å². The molecule has 0 saturated carbocycles. The van der Waals surface area contributed by atoms with Crippen LogP contribution in [0.2, 0.25) is 0 Å². The van der Waals surface area contributed by atoms with Crippen LogP contribution in [0.5, 0.6) is 0 Å². The van der Waals surface area contributed by atoms with Gasteiger partial charge in [-0.15, -0.1) is 0 Å². The number of hydrogen-bond donors (Lipinski definition) is 1. The number of carbonyl (C=O) groups is 1. The molecule has 2 aromatic rings. The van der Waals surface area contributed by atoms with Crippen LogP contribution in [0.3, 0.4) is 0 Å². The first-order chi connectivity index (χ1) is 11.0. The van der Waals surface area contributed by atoms with Crippen LogP contribution in [0.25, 0.3) is 0 Å². The first-order valence-corrected chi connectivity index (χ1v) is 7.65. The third-order valence-corrected chi connectivity index (χ3v) is 4.24. The van der Waals surface area contributed by atoms with E-state index in [1.54, 1.807) is 0 Å². The largest absolute Gasteiger partial charge is 0.353 e. The molecule has 1 aliphatic heterocycles. The number of amides is 1. The highest BCUT2D eigenvalue weighted by atomic mass is 19.1. The number of nitrogens with one attached hydrogen (secondary N) is 1. The lowest BCUT2D eigenvalue weighted by Crippen LogP contribution is -2.33. The van der Waals surface area contributed by atoms with Crippen LogP contribution in [0.15, 0.2) is 36.5 Å². The molecule has 3 rings (SSSR count). The molecular formula is C17H19F2N3O. The van der Waals surface area contributed by atoms with Gasteiger partial charge in [-0.1, -0.05) is 0 Å². The summed E-state index contributed by atoms with van der Waals surface area (Å²) in [6, 6.07) is 7.36. The van der Waals surface area contributed by atoms with Gasteiger partial charge in [0, 0.05) is 25.0 Å². The molecule has 1 atom stereocenters. The summed E-state index contributed by atoms with van der Waals surface area (Å²) in [7, 11) is 1.99. The minimum atomic E-state index is -0.765. The van der Waals surface area contributed by atoms with Crippen molar-refractivity contribution >= 4 is 11.6 Å². The summed E-state index contributed by atoms with van der Waals surface area (Å²) in [5.41, 5.74) is 1.18. The van der Waals surface area contributed by atoms with Crippen molar-refractivity contribution in [1.29, 1.82) is 0 Å². The minimum Gasteiger partial charge on any atom is -0.353 e. The Bertz CT molecular complexity index is 714. The highest BCUT2D eigenvalue weighted by Crippen LogP contribution is 2.31. The molecule has 0 spiro atoms. The lowest BCUT2D eigenvalue weighted by molar-refractivity contribution is -0.117. The number of likely N-dealkylation sites (tertiary alicyclic amines) is 1. The van der Waals surface area contributed by atoms with Crippen LogP contribution in [0.1, 0.15) is 24.6 Å². The summed E-state index contributed by atoms with van der Waals surface area (Å²) >= 11 is 0. The van der Waals surface area contributed by atoms with Crippen molar-refractivity contribution in [1.82, 2.24) is 9.47 Å². The average molecular weight is 319 g/mol. The molecule has 4 nitrogen and oxygen atoms in total. The minimum absolute atomic E-state index is 0.00557. The van der Waals surface area contributed by atoms with E-state index >= 15 is 0 Å². The number of aryl methyl sites for hydroxylation is 1. The standard InChI is InChI=1S/C17H19F2N3O/c1-21-8-2-4-15(21)16-5-3-9-22(16)11-17(23)20-14-7-6-12(18)10-13(14)19/h2,4,6-8,10,16H,3,5,9,11H2,1H3,(H,20,23)/t16-/m0/s1. The molecule has 1 aromatic carbocycles. The van der Waals surface area contributed by atoms with E-state index in [2.05, 4.69) is 20.9 Å². The first-order valence-electron chi connectivity index (χ1n) is 7.65. The van der Waals surface area contributed by atoms with E-state index in [1.165, 1.54) is 11.8 Å². The van der Waals surface area contributed by atoms with Gasteiger partial charge in [0.1, 0.15) is 11.6 Å². The van der Waals surface area contributed by atoms with Gasteiger partial charge in [0.15, 0.2) is 0 Å². The fourth-order valence-corrected chi connectivity index (χ4v) is 3.14. The molecule has 2 heterocycles. The van der Waals surface area contributed by atoms with Gasteiger partial charge in [-0.25, -0.2) is 8.78 Å². The summed E-state index contributed by atoms with van der Waals surface area (Å²) in [5, 5.41) is 2.52. The van der Waals surface area contributed by atoms with Crippen molar-refractivity contribution < 1.29 is 13.6 Å². The third kappa shape index (κ3) is 3.42. The Morgan fingerprint density at radius 2 is 2.17 bits per heavy atom. The van der Waals surface area contributed by atoms with Gasteiger partial charge < -0.3 is 9.88 Å². The lowest BCUT2D eigenvalue weighted by atomic mass is 10.1. The fourth-order valence-electron chi connectivity index (χ4n) is 3.14. The van der Waals surface area contributed by atoms with Crippen LogP contribution in [-0.4, -0.2) is 28.5 Å². The predicted octanol–water partition coefficient (Wildman–Crippen LogP) is 3.08. The zero-order chi connectivity index (χ0) is 16.4. The number of anilines is 1. The topological polar surface area (TPSA) is 37.3 Å². The van der Waals surface area contributed by atoms with E-state index in [0.29, 0.717) is 0 Å². The molecule has 122 valence electrons. The Hall–Kier alpha value is -2.21. The van der Waals surface area contributed by atoms with E-state index in [-0.39, 0.29) is 24.2 Å². The predicted molar refractivity (Wildman–Crippen MR) is 83.9 cm³/mol. The SMILES string of the molecule is Cn1cccc1[C@@H]1CCCN1CC(=O)Nc1ccc(F)cc1F. The van der Waals surface area contributed by atoms with Gasteiger partial charge in [-0.2, -0.15) is 0 Å². The Morgan fingerprint density at radius 3 is 2.87 bits per heavy atom. The Kier molecular flexibility index (Phi) is 4.43. The molecule has 1 fully saturated rings. The van der Waals surface area contributed by atoms with Gasteiger partial charge in [-0.3, -0.25) is 9.69 Å². The van der Waals surface area contributed by atoms with Crippen LogP contribution in [-0.2, 0) is 11.8 Å². The van der Waals surface area contributed by atoms with E-state index in [1.807, 2.05) is 19.3 Å². The Labute approximate surface area is 133 Å². The van der Waals surface area contributed by atoms with Crippen LogP contribution >= 0.6 is 0 Å². The number of benzene rings is 1. The number of halogens is 2. The van der Waals surface area contributed by atoms with Crippen LogP contribution in [0, 0.1) is 11.6 Å². The first kappa shape index (κ1) is 15.7. The summed E-state index contributed by atoms with van der Waals surface area (Å²) in [4.78, 5) is 14.3. The van der Waals surface area contributed by atoms with Crippen LogP contribution in [0.4, 0.5) is 14.5 Å². The molecule has 1 amide bonds. The summed E-state index contributed by atoms with van der Waals surface area (Å²) < 4.78 is 28.6. The van der Waals surface area contributed by atoms with E-state index in [4.69, 9.17) is 0 Å². The van der Waals surface area contributed by atoms with Gasteiger partial charge in [-0.05, 0) is 43.7 Å².